The Morgan fingerprint density at radius 1 is 1.24 bits per heavy atom. The highest BCUT2D eigenvalue weighted by atomic mass is 35.5. The monoisotopic (exact) mass is 311 g/mol. The summed E-state index contributed by atoms with van der Waals surface area (Å²) in [5.41, 5.74) is 0.853. The number of ether oxygens (including phenoxy) is 1. The molecule has 0 aliphatic carbocycles. The Labute approximate surface area is 130 Å². The third-order valence-electron chi connectivity index (χ3n) is 3.05. The van der Waals surface area contributed by atoms with E-state index >= 15 is 0 Å². The van der Waals surface area contributed by atoms with E-state index in [1.54, 1.807) is 24.3 Å². The molecule has 4 nitrogen and oxygen atoms in total. The summed E-state index contributed by atoms with van der Waals surface area (Å²) in [5, 5.41) is 3.34. The molecule has 0 aliphatic rings. The van der Waals surface area contributed by atoms with Crippen LogP contribution in [0.3, 0.4) is 0 Å². The highest BCUT2D eigenvalue weighted by Gasteiger charge is 2.20. The van der Waals surface area contributed by atoms with Gasteiger partial charge in [-0.05, 0) is 30.5 Å². The van der Waals surface area contributed by atoms with Gasteiger partial charge in [-0.2, -0.15) is 0 Å². The van der Waals surface area contributed by atoms with Crippen LogP contribution >= 0.6 is 11.6 Å². The summed E-state index contributed by atoms with van der Waals surface area (Å²) < 4.78 is 5.13. The third-order valence-corrected chi connectivity index (χ3v) is 3.30. The molecule has 0 fully saturated rings. The summed E-state index contributed by atoms with van der Waals surface area (Å²) in [6.45, 7) is 4.27. The van der Waals surface area contributed by atoms with Crippen LogP contribution in [0.2, 0.25) is 5.02 Å². The van der Waals surface area contributed by atoms with Gasteiger partial charge in [0.25, 0.3) is 0 Å². The first-order valence-corrected chi connectivity index (χ1v) is 7.65. The quantitative estimate of drug-likeness (QED) is 0.593. The third kappa shape index (κ3) is 6.63. The van der Waals surface area contributed by atoms with Gasteiger partial charge in [-0.25, -0.2) is 4.79 Å². The van der Waals surface area contributed by atoms with Crippen molar-refractivity contribution in [2.24, 2.45) is 0 Å². The van der Waals surface area contributed by atoms with Crippen molar-refractivity contribution in [2.45, 2.75) is 45.6 Å². The van der Waals surface area contributed by atoms with Gasteiger partial charge in [0, 0.05) is 5.02 Å². The molecule has 1 aromatic rings. The number of carbonyl (C=O) groups is 2. The van der Waals surface area contributed by atoms with Crippen molar-refractivity contribution in [1.29, 1.82) is 0 Å². The predicted octanol–water partition coefficient (Wildman–Crippen LogP) is 3.12. The van der Waals surface area contributed by atoms with E-state index < -0.39 is 6.04 Å². The van der Waals surface area contributed by atoms with Gasteiger partial charge in [-0.1, -0.05) is 44.0 Å². The molecule has 0 aromatic heterocycles. The van der Waals surface area contributed by atoms with Crippen LogP contribution in [0, 0.1) is 0 Å². The Kier molecular flexibility index (Phi) is 7.83. The van der Waals surface area contributed by atoms with Crippen LogP contribution in [-0.2, 0) is 20.7 Å². The molecular formula is C16H22ClNO3. The molecule has 116 valence electrons. The molecule has 5 heteroatoms. The Bertz CT molecular complexity index is 459. The summed E-state index contributed by atoms with van der Waals surface area (Å²) in [6, 6.07) is 6.48. The molecule has 0 saturated carbocycles. The zero-order valence-corrected chi connectivity index (χ0v) is 13.3. The molecule has 1 N–H and O–H groups in total. The normalized spacial score (nSPS) is 11.8. The van der Waals surface area contributed by atoms with Crippen molar-refractivity contribution < 1.29 is 14.3 Å². The average Bonchev–Trinajstić information content (AvgIpc) is 2.47. The van der Waals surface area contributed by atoms with Crippen LogP contribution in [0.5, 0.6) is 0 Å². The molecule has 1 atom stereocenters. The molecule has 1 rings (SSSR count). The second-order valence-corrected chi connectivity index (χ2v) is 5.29. The zero-order chi connectivity index (χ0) is 15.7. The van der Waals surface area contributed by atoms with E-state index in [1.807, 2.05) is 13.8 Å². The molecule has 0 radical (unpaired) electrons. The molecule has 1 unspecified atom stereocenters. The van der Waals surface area contributed by atoms with Gasteiger partial charge in [0.15, 0.2) is 0 Å². The van der Waals surface area contributed by atoms with Gasteiger partial charge in [-0.15, -0.1) is 0 Å². The maximum atomic E-state index is 11.9. The van der Waals surface area contributed by atoms with E-state index in [-0.39, 0.29) is 18.3 Å². The summed E-state index contributed by atoms with van der Waals surface area (Å²) in [4.78, 5) is 23.8. The van der Waals surface area contributed by atoms with Crippen LogP contribution in [0.1, 0.15) is 38.7 Å². The summed E-state index contributed by atoms with van der Waals surface area (Å²) >= 11 is 5.80. The van der Waals surface area contributed by atoms with Crippen molar-refractivity contribution in [3.63, 3.8) is 0 Å². The standard InChI is InChI=1S/C16H22ClNO3/c1-3-5-10-21-16(20)14(4-2)18-15(19)11-12-6-8-13(17)9-7-12/h6-9,14H,3-5,10-11H2,1-2H3,(H,18,19). The Morgan fingerprint density at radius 3 is 2.48 bits per heavy atom. The van der Waals surface area contributed by atoms with Crippen LogP contribution in [0.15, 0.2) is 24.3 Å². The van der Waals surface area contributed by atoms with Gasteiger partial charge >= 0.3 is 5.97 Å². The lowest BCUT2D eigenvalue weighted by atomic mass is 10.1. The lowest BCUT2D eigenvalue weighted by Gasteiger charge is -2.16. The van der Waals surface area contributed by atoms with Gasteiger partial charge < -0.3 is 10.1 Å². The number of halogens is 1. The van der Waals surface area contributed by atoms with Crippen molar-refractivity contribution in [1.82, 2.24) is 5.32 Å². The minimum Gasteiger partial charge on any atom is -0.464 e. The largest absolute Gasteiger partial charge is 0.464 e. The number of rotatable bonds is 8. The first-order valence-electron chi connectivity index (χ1n) is 7.27. The van der Waals surface area contributed by atoms with E-state index in [0.717, 1.165) is 18.4 Å². The van der Waals surface area contributed by atoms with Gasteiger partial charge in [0.1, 0.15) is 6.04 Å². The van der Waals surface area contributed by atoms with Gasteiger partial charge in [-0.3, -0.25) is 4.79 Å². The Hall–Kier alpha value is -1.55. The van der Waals surface area contributed by atoms with Gasteiger partial charge in [0.2, 0.25) is 5.91 Å². The molecule has 0 bridgehead atoms. The number of amides is 1. The van der Waals surface area contributed by atoms with E-state index in [9.17, 15) is 9.59 Å². The molecular weight excluding hydrogens is 290 g/mol. The number of benzene rings is 1. The molecule has 0 saturated heterocycles. The molecule has 0 aliphatic heterocycles. The van der Waals surface area contributed by atoms with E-state index in [2.05, 4.69) is 5.32 Å². The van der Waals surface area contributed by atoms with Gasteiger partial charge in [0.05, 0.1) is 13.0 Å². The summed E-state index contributed by atoms with van der Waals surface area (Å²) in [6.07, 6.45) is 2.53. The van der Waals surface area contributed by atoms with E-state index in [1.165, 1.54) is 0 Å². The average molecular weight is 312 g/mol. The van der Waals surface area contributed by atoms with Crippen LogP contribution in [-0.4, -0.2) is 24.5 Å². The smallest absolute Gasteiger partial charge is 0.328 e. The van der Waals surface area contributed by atoms with Crippen LogP contribution in [0.25, 0.3) is 0 Å². The predicted molar refractivity (Wildman–Crippen MR) is 83.2 cm³/mol. The zero-order valence-electron chi connectivity index (χ0n) is 12.5. The van der Waals surface area contributed by atoms with Crippen LogP contribution < -0.4 is 5.32 Å². The number of hydrogen-bond donors (Lipinski definition) is 1. The van der Waals surface area contributed by atoms with Crippen LogP contribution in [0.4, 0.5) is 0 Å². The maximum Gasteiger partial charge on any atom is 0.328 e. The molecule has 0 spiro atoms. The highest BCUT2D eigenvalue weighted by molar-refractivity contribution is 6.30. The minimum atomic E-state index is -0.582. The summed E-state index contributed by atoms with van der Waals surface area (Å²) in [7, 11) is 0. The van der Waals surface area contributed by atoms with Crippen molar-refractivity contribution in [3.05, 3.63) is 34.9 Å². The van der Waals surface area contributed by atoms with Crippen molar-refractivity contribution >= 4 is 23.5 Å². The molecule has 1 aromatic carbocycles. The highest BCUT2D eigenvalue weighted by Crippen LogP contribution is 2.10. The maximum absolute atomic E-state index is 11.9. The minimum absolute atomic E-state index is 0.198. The lowest BCUT2D eigenvalue weighted by Crippen LogP contribution is -2.42. The number of esters is 1. The van der Waals surface area contributed by atoms with E-state index in [4.69, 9.17) is 16.3 Å². The van der Waals surface area contributed by atoms with Crippen molar-refractivity contribution in [2.75, 3.05) is 6.61 Å². The first kappa shape index (κ1) is 17.5. The fraction of sp³-hybridized carbons (Fsp3) is 0.500. The fourth-order valence-corrected chi connectivity index (χ4v) is 1.90. The summed E-state index contributed by atoms with van der Waals surface area (Å²) in [5.74, 6) is -0.563. The second kappa shape index (κ2) is 9.40. The van der Waals surface area contributed by atoms with Crippen molar-refractivity contribution in [3.8, 4) is 0 Å². The Morgan fingerprint density at radius 2 is 1.90 bits per heavy atom. The second-order valence-electron chi connectivity index (χ2n) is 4.85. The number of carbonyl (C=O) groups excluding carboxylic acids is 2. The Balaban J connectivity index is 2.46. The number of nitrogens with one attached hydrogen (secondary N) is 1. The molecule has 0 heterocycles. The molecule has 21 heavy (non-hydrogen) atoms. The van der Waals surface area contributed by atoms with E-state index in [0.29, 0.717) is 18.1 Å². The topological polar surface area (TPSA) is 55.4 Å². The lowest BCUT2D eigenvalue weighted by molar-refractivity contribution is -0.148. The fourth-order valence-electron chi connectivity index (χ4n) is 1.78. The SMILES string of the molecule is CCCCOC(=O)C(CC)NC(=O)Cc1ccc(Cl)cc1. The molecule has 1 amide bonds. The number of unbranched alkanes of at least 4 members (excludes halogenated alkanes) is 1. The number of hydrogen-bond acceptors (Lipinski definition) is 3. The first-order chi connectivity index (χ1) is 10.1.